The Balaban J connectivity index is 1.55. The minimum atomic E-state index is 0.100. The summed E-state index contributed by atoms with van der Waals surface area (Å²) < 4.78 is 0. The van der Waals surface area contributed by atoms with Gasteiger partial charge in [-0.1, -0.05) is 57.0 Å². The second-order valence-corrected chi connectivity index (χ2v) is 10.3. The smallest absolute Gasteiger partial charge is 0.232 e. The van der Waals surface area contributed by atoms with Crippen LogP contribution in [-0.2, 0) is 0 Å². The van der Waals surface area contributed by atoms with E-state index in [1.807, 2.05) is 18.2 Å². The van der Waals surface area contributed by atoms with Crippen molar-refractivity contribution in [1.82, 2.24) is 15.3 Å². The van der Waals surface area contributed by atoms with Gasteiger partial charge in [0.1, 0.15) is 11.6 Å². The largest absolute Gasteiger partial charge is 0.356 e. The molecule has 6 nitrogen and oxygen atoms in total. The standard InChI is InChI=1S/C26H38N6S/c1-19-15-20(2)18-32(17-19)24-16-23(31-13-9-4-5-10-14-31)28-25(29-24)30-26(33)27-21(3)22-11-7-6-8-12-22/h6-8,11-12,16,19-21H,4-5,9-10,13-15,17-18H2,1-3H3,(H2,27,28,29,30,33). The zero-order valence-corrected chi connectivity index (χ0v) is 21.1. The molecular weight excluding hydrogens is 428 g/mol. The third kappa shape index (κ3) is 6.56. The van der Waals surface area contributed by atoms with E-state index in [9.17, 15) is 0 Å². The van der Waals surface area contributed by atoms with Crippen LogP contribution in [-0.4, -0.2) is 41.3 Å². The summed E-state index contributed by atoms with van der Waals surface area (Å²) in [6, 6.07) is 12.6. The summed E-state index contributed by atoms with van der Waals surface area (Å²) in [6.45, 7) is 11.0. The van der Waals surface area contributed by atoms with E-state index in [1.165, 1.54) is 37.7 Å². The van der Waals surface area contributed by atoms with Crippen molar-refractivity contribution in [2.24, 2.45) is 11.8 Å². The molecule has 0 spiro atoms. The van der Waals surface area contributed by atoms with Crippen LogP contribution in [0.25, 0.3) is 0 Å². The molecule has 0 saturated carbocycles. The topological polar surface area (TPSA) is 56.3 Å². The monoisotopic (exact) mass is 466 g/mol. The molecule has 3 heterocycles. The number of piperidine rings is 1. The first-order chi connectivity index (χ1) is 16.0. The quantitative estimate of drug-likeness (QED) is 0.573. The Morgan fingerprint density at radius 2 is 1.55 bits per heavy atom. The molecule has 33 heavy (non-hydrogen) atoms. The van der Waals surface area contributed by atoms with Crippen molar-refractivity contribution in [3.8, 4) is 0 Å². The number of anilines is 3. The lowest BCUT2D eigenvalue weighted by Crippen LogP contribution is -2.39. The van der Waals surface area contributed by atoms with Gasteiger partial charge in [0.25, 0.3) is 0 Å². The van der Waals surface area contributed by atoms with Crippen LogP contribution in [0, 0.1) is 11.8 Å². The minimum absolute atomic E-state index is 0.100. The van der Waals surface area contributed by atoms with Crippen molar-refractivity contribution >= 4 is 34.9 Å². The first-order valence-corrected chi connectivity index (χ1v) is 12.9. The van der Waals surface area contributed by atoms with Crippen molar-refractivity contribution in [2.45, 2.75) is 58.9 Å². The molecule has 3 atom stereocenters. The molecule has 2 aliphatic rings. The molecule has 1 aromatic heterocycles. The van der Waals surface area contributed by atoms with Crippen LogP contribution in [0.15, 0.2) is 36.4 Å². The first-order valence-electron chi connectivity index (χ1n) is 12.5. The van der Waals surface area contributed by atoms with Gasteiger partial charge in [-0.05, 0) is 55.8 Å². The molecule has 0 amide bonds. The lowest BCUT2D eigenvalue weighted by molar-refractivity contribution is 0.355. The maximum atomic E-state index is 5.64. The SMILES string of the molecule is CC1CC(C)CN(c2cc(N3CCCCCC3)nc(NC(=S)NC(C)c3ccccc3)n2)C1. The Morgan fingerprint density at radius 1 is 0.939 bits per heavy atom. The first kappa shape index (κ1) is 23.7. The summed E-state index contributed by atoms with van der Waals surface area (Å²) in [6.07, 6.45) is 6.30. The molecule has 2 aromatic rings. The zero-order chi connectivity index (χ0) is 23.2. The van der Waals surface area contributed by atoms with Gasteiger partial charge < -0.3 is 20.4 Å². The lowest BCUT2D eigenvalue weighted by atomic mass is 9.92. The van der Waals surface area contributed by atoms with E-state index < -0.39 is 0 Å². The van der Waals surface area contributed by atoms with Crippen LogP contribution in [0.3, 0.4) is 0 Å². The molecule has 1 aromatic carbocycles. The highest BCUT2D eigenvalue weighted by atomic mass is 32.1. The van der Waals surface area contributed by atoms with Crippen molar-refractivity contribution in [3.05, 3.63) is 42.0 Å². The van der Waals surface area contributed by atoms with E-state index in [0.29, 0.717) is 22.9 Å². The average Bonchev–Trinajstić information content (AvgIpc) is 3.08. The molecular formula is C26H38N6S. The van der Waals surface area contributed by atoms with E-state index in [-0.39, 0.29) is 6.04 Å². The van der Waals surface area contributed by atoms with E-state index >= 15 is 0 Å². The second kappa shape index (κ2) is 11.1. The van der Waals surface area contributed by atoms with Crippen LogP contribution in [0.4, 0.5) is 17.6 Å². The summed E-state index contributed by atoms with van der Waals surface area (Å²) in [7, 11) is 0. The fraction of sp³-hybridized carbons (Fsp3) is 0.577. The fourth-order valence-electron chi connectivity index (χ4n) is 5.11. The Bertz CT molecular complexity index is 902. The average molecular weight is 467 g/mol. The molecule has 0 aliphatic carbocycles. The summed E-state index contributed by atoms with van der Waals surface area (Å²) in [4.78, 5) is 14.7. The number of hydrogen-bond acceptors (Lipinski definition) is 5. The van der Waals surface area contributed by atoms with Gasteiger partial charge in [0.05, 0.1) is 6.04 Å². The van der Waals surface area contributed by atoms with Gasteiger partial charge >= 0.3 is 0 Å². The molecule has 7 heteroatoms. The molecule has 0 radical (unpaired) electrons. The van der Waals surface area contributed by atoms with Gasteiger partial charge in [-0.3, -0.25) is 0 Å². The Morgan fingerprint density at radius 3 is 2.18 bits per heavy atom. The van der Waals surface area contributed by atoms with Crippen LogP contribution < -0.4 is 20.4 Å². The van der Waals surface area contributed by atoms with Gasteiger partial charge in [0, 0.05) is 32.2 Å². The fourth-order valence-corrected chi connectivity index (χ4v) is 5.38. The number of rotatable bonds is 5. The number of hydrogen-bond donors (Lipinski definition) is 2. The predicted molar refractivity (Wildman–Crippen MR) is 142 cm³/mol. The van der Waals surface area contributed by atoms with E-state index in [4.69, 9.17) is 22.2 Å². The van der Waals surface area contributed by atoms with Crippen LogP contribution in [0.5, 0.6) is 0 Å². The maximum absolute atomic E-state index is 5.64. The molecule has 2 fully saturated rings. The number of thiocarbonyl (C=S) groups is 1. The minimum Gasteiger partial charge on any atom is -0.356 e. The maximum Gasteiger partial charge on any atom is 0.232 e. The van der Waals surface area contributed by atoms with E-state index in [1.54, 1.807) is 0 Å². The van der Waals surface area contributed by atoms with Gasteiger partial charge in [-0.25, -0.2) is 0 Å². The summed E-state index contributed by atoms with van der Waals surface area (Å²) >= 11 is 5.64. The third-order valence-electron chi connectivity index (χ3n) is 6.69. The van der Waals surface area contributed by atoms with Gasteiger partial charge in [-0.15, -0.1) is 0 Å². The van der Waals surface area contributed by atoms with Crippen LogP contribution >= 0.6 is 12.2 Å². The van der Waals surface area contributed by atoms with Gasteiger partial charge in [-0.2, -0.15) is 9.97 Å². The highest BCUT2D eigenvalue weighted by Crippen LogP contribution is 2.29. The third-order valence-corrected chi connectivity index (χ3v) is 6.91. The molecule has 2 aliphatic heterocycles. The van der Waals surface area contributed by atoms with Crippen molar-refractivity contribution in [1.29, 1.82) is 0 Å². The Labute approximate surface area is 204 Å². The zero-order valence-electron chi connectivity index (χ0n) is 20.3. The lowest BCUT2D eigenvalue weighted by Gasteiger charge is -2.36. The summed E-state index contributed by atoms with van der Waals surface area (Å²) in [5, 5.41) is 7.21. The molecule has 4 rings (SSSR count). The number of nitrogens with zero attached hydrogens (tertiary/aromatic N) is 4. The normalized spacial score (nSPS) is 22.4. The highest BCUT2D eigenvalue weighted by Gasteiger charge is 2.25. The Hall–Kier alpha value is -2.41. The van der Waals surface area contributed by atoms with Gasteiger partial charge in [0.2, 0.25) is 5.95 Å². The predicted octanol–water partition coefficient (Wildman–Crippen LogP) is 5.39. The van der Waals surface area contributed by atoms with Crippen LogP contribution in [0.2, 0.25) is 0 Å². The molecule has 178 valence electrons. The van der Waals surface area contributed by atoms with Crippen molar-refractivity contribution in [3.63, 3.8) is 0 Å². The molecule has 2 saturated heterocycles. The highest BCUT2D eigenvalue weighted by molar-refractivity contribution is 7.80. The molecule has 3 unspecified atom stereocenters. The molecule has 2 N–H and O–H groups in total. The summed E-state index contributed by atoms with van der Waals surface area (Å²) in [5.41, 5.74) is 1.19. The second-order valence-electron chi connectivity index (χ2n) is 9.89. The Kier molecular flexibility index (Phi) is 8.02. The van der Waals surface area contributed by atoms with Crippen molar-refractivity contribution in [2.75, 3.05) is 41.3 Å². The van der Waals surface area contributed by atoms with Crippen molar-refractivity contribution < 1.29 is 0 Å². The van der Waals surface area contributed by atoms with Crippen LogP contribution in [0.1, 0.15) is 64.5 Å². The molecule has 0 bridgehead atoms. The number of aromatic nitrogens is 2. The number of nitrogens with one attached hydrogen (secondary N) is 2. The van der Waals surface area contributed by atoms with Gasteiger partial charge in [0.15, 0.2) is 5.11 Å². The summed E-state index contributed by atoms with van der Waals surface area (Å²) in [5.74, 6) is 3.92. The number of benzene rings is 1. The van der Waals surface area contributed by atoms with E-state index in [2.05, 4.69) is 59.4 Å². The van der Waals surface area contributed by atoms with E-state index in [0.717, 1.165) is 37.8 Å².